The zero-order valence-corrected chi connectivity index (χ0v) is 13.2. The first kappa shape index (κ1) is 15.2. The average molecular weight is 284 g/mol. The van der Waals surface area contributed by atoms with Crippen LogP contribution >= 0.6 is 11.8 Å². The third-order valence-electron chi connectivity index (χ3n) is 4.47. The number of nitrogens with zero attached hydrogens (tertiary/aromatic N) is 1. The van der Waals surface area contributed by atoms with Gasteiger partial charge in [-0.2, -0.15) is 11.8 Å². The molecule has 0 spiro atoms. The topological polar surface area (TPSA) is 32.3 Å². The van der Waals surface area contributed by atoms with E-state index in [4.69, 9.17) is 0 Å². The van der Waals surface area contributed by atoms with Crippen LogP contribution in [0.5, 0.6) is 0 Å². The van der Waals surface area contributed by atoms with Gasteiger partial charge in [-0.15, -0.1) is 0 Å². The third kappa shape index (κ3) is 4.67. The molecule has 2 rings (SSSR count). The van der Waals surface area contributed by atoms with Crippen molar-refractivity contribution in [1.82, 2.24) is 10.2 Å². The lowest BCUT2D eigenvalue weighted by Gasteiger charge is -2.21. The van der Waals surface area contributed by atoms with E-state index in [-0.39, 0.29) is 11.8 Å². The predicted octanol–water partition coefficient (Wildman–Crippen LogP) is 2.37. The molecule has 0 unspecified atom stereocenters. The fourth-order valence-corrected chi connectivity index (χ4v) is 3.99. The predicted molar refractivity (Wildman–Crippen MR) is 82.5 cm³/mol. The summed E-state index contributed by atoms with van der Waals surface area (Å²) in [7, 11) is 0. The molecule has 0 bridgehead atoms. The van der Waals surface area contributed by atoms with E-state index >= 15 is 0 Å². The molecule has 19 heavy (non-hydrogen) atoms. The maximum absolute atomic E-state index is 12.0. The monoisotopic (exact) mass is 284 g/mol. The largest absolute Gasteiger partial charge is 0.352 e. The highest BCUT2D eigenvalue weighted by atomic mass is 32.2. The lowest BCUT2D eigenvalue weighted by Crippen LogP contribution is -2.40. The summed E-state index contributed by atoms with van der Waals surface area (Å²) in [4.78, 5) is 14.6. The number of nitrogens with one attached hydrogen (secondary N) is 1. The molecule has 1 saturated carbocycles. The SMILES string of the molecule is CSC[C@H](C)C(=O)N[C@H]1CCN(CC2CCCC2)C1. The molecule has 0 aromatic carbocycles. The van der Waals surface area contributed by atoms with Crippen molar-refractivity contribution in [3.8, 4) is 0 Å². The summed E-state index contributed by atoms with van der Waals surface area (Å²) in [5.41, 5.74) is 0. The van der Waals surface area contributed by atoms with E-state index in [1.54, 1.807) is 11.8 Å². The molecule has 3 nitrogen and oxygen atoms in total. The van der Waals surface area contributed by atoms with E-state index in [0.29, 0.717) is 6.04 Å². The number of hydrogen-bond donors (Lipinski definition) is 1. The number of likely N-dealkylation sites (tertiary alicyclic amines) is 1. The van der Waals surface area contributed by atoms with Crippen molar-refractivity contribution >= 4 is 17.7 Å². The van der Waals surface area contributed by atoms with Gasteiger partial charge in [-0.1, -0.05) is 19.8 Å². The number of amides is 1. The zero-order valence-electron chi connectivity index (χ0n) is 12.4. The van der Waals surface area contributed by atoms with Crippen molar-refractivity contribution in [2.75, 3.05) is 31.6 Å². The highest BCUT2D eigenvalue weighted by molar-refractivity contribution is 7.98. The quantitative estimate of drug-likeness (QED) is 0.813. The summed E-state index contributed by atoms with van der Waals surface area (Å²) < 4.78 is 0. The van der Waals surface area contributed by atoms with Gasteiger partial charge in [0.05, 0.1) is 0 Å². The number of carbonyl (C=O) groups excluding carboxylic acids is 1. The lowest BCUT2D eigenvalue weighted by molar-refractivity contribution is -0.124. The van der Waals surface area contributed by atoms with Gasteiger partial charge in [0.1, 0.15) is 0 Å². The van der Waals surface area contributed by atoms with Crippen LogP contribution in [-0.4, -0.2) is 48.5 Å². The van der Waals surface area contributed by atoms with E-state index in [1.165, 1.54) is 38.8 Å². The fourth-order valence-electron chi connectivity index (χ4n) is 3.34. The molecule has 1 saturated heterocycles. The second kappa shape index (κ2) is 7.53. The van der Waals surface area contributed by atoms with Crippen molar-refractivity contribution in [2.24, 2.45) is 11.8 Å². The molecular formula is C15H28N2OS. The maximum Gasteiger partial charge on any atom is 0.223 e. The van der Waals surface area contributed by atoms with Crippen LogP contribution in [0.2, 0.25) is 0 Å². The van der Waals surface area contributed by atoms with Crippen LogP contribution in [0, 0.1) is 11.8 Å². The molecule has 2 aliphatic rings. The Balaban J connectivity index is 1.68. The Bertz CT molecular complexity index is 292. The minimum absolute atomic E-state index is 0.138. The number of carbonyl (C=O) groups is 1. The summed E-state index contributed by atoms with van der Waals surface area (Å²) in [6.07, 6.45) is 8.86. The van der Waals surface area contributed by atoms with E-state index < -0.39 is 0 Å². The van der Waals surface area contributed by atoms with Crippen LogP contribution in [0.15, 0.2) is 0 Å². The van der Waals surface area contributed by atoms with Crippen LogP contribution < -0.4 is 5.32 Å². The lowest BCUT2D eigenvalue weighted by atomic mass is 10.1. The molecule has 1 aliphatic heterocycles. The summed E-state index contributed by atoms with van der Waals surface area (Å²) in [6, 6.07) is 0.387. The molecular weight excluding hydrogens is 256 g/mol. The minimum atomic E-state index is 0.138. The normalized spacial score (nSPS) is 26.7. The molecule has 0 aromatic heterocycles. The highest BCUT2D eigenvalue weighted by Crippen LogP contribution is 2.26. The van der Waals surface area contributed by atoms with Crippen molar-refractivity contribution in [1.29, 1.82) is 0 Å². The molecule has 1 N–H and O–H groups in total. The molecule has 1 heterocycles. The van der Waals surface area contributed by atoms with Crippen molar-refractivity contribution in [3.05, 3.63) is 0 Å². The Morgan fingerprint density at radius 2 is 2.11 bits per heavy atom. The standard InChI is InChI=1S/C15H28N2OS/c1-12(11-19-2)15(18)16-14-7-8-17(10-14)9-13-5-3-4-6-13/h12-14H,3-11H2,1-2H3,(H,16,18)/t12-,14-/m0/s1. The Kier molecular flexibility index (Phi) is 6.02. The van der Waals surface area contributed by atoms with Gasteiger partial charge in [0.2, 0.25) is 5.91 Å². The number of hydrogen-bond acceptors (Lipinski definition) is 3. The van der Waals surface area contributed by atoms with Crippen LogP contribution in [0.4, 0.5) is 0 Å². The van der Waals surface area contributed by atoms with Crippen LogP contribution in [0.25, 0.3) is 0 Å². The Morgan fingerprint density at radius 1 is 1.37 bits per heavy atom. The van der Waals surface area contributed by atoms with Crippen molar-refractivity contribution in [3.63, 3.8) is 0 Å². The van der Waals surface area contributed by atoms with E-state index in [2.05, 4.69) is 16.5 Å². The minimum Gasteiger partial charge on any atom is -0.352 e. The molecule has 1 aliphatic carbocycles. The van der Waals surface area contributed by atoms with E-state index in [9.17, 15) is 4.79 Å². The number of thioether (sulfide) groups is 1. The van der Waals surface area contributed by atoms with Gasteiger partial charge in [-0.05, 0) is 31.4 Å². The van der Waals surface area contributed by atoms with Gasteiger partial charge in [-0.3, -0.25) is 4.79 Å². The van der Waals surface area contributed by atoms with Gasteiger partial charge in [0.25, 0.3) is 0 Å². The van der Waals surface area contributed by atoms with Gasteiger partial charge in [0, 0.05) is 37.3 Å². The Hall–Kier alpha value is -0.220. The van der Waals surface area contributed by atoms with Gasteiger partial charge in [0.15, 0.2) is 0 Å². The summed E-state index contributed by atoms with van der Waals surface area (Å²) in [6.45, 7) is 5.51. The second-order valence-electron chi connectivity index (χ2n) is 6.26. The van der Waals surface area contributed by atoms with E-state index in [0.717, 1.165) is 24.6 Å². The van der Waals surface area contributed by atoms with Crippen LogP contribution in [0.3, 0.4) is 0 Å². The highest BCUT2D eigenvalue weighted by Gasteiger charge is 2.27. The first-order valence-electron chi connectivity index (χ1n) is 7.70. The molecule has 110 valence electrons. The average Bonchev–Trinajstić information content (AvgIpc) is 3.02. The third-order valence-corrected chi connectivity index (χ3v) is 5.31. The molecule has 1 amide bonds. The van der Waals surface area contributed by atoms with Crippen LogP contribution in [0.1, 0.15) is 39.0 Å². The smallest absolute Gasteiger partial charge is 0.223 e. The van der Waals surface area contributed by atoms with Gasteiger partial charge in [-0.25, -0.2) is 0 Å². The summed E-state index contributed by atoms with van der Waals surface area (Å²) in [5, 5.41) is 3.22. The molecule has 2 fully saturated rings. The Labute approximate surface area is 121 Å². The van der Waals surface area contributed by atoms with Crippen molar-refractivity contribution in [2.45, 2.75) is 45.1 Å². The molecule has 4 heteroatoms. The number of rotatable bonds is 6. The molecule has 2 atom stereocenters. The first-order valence-corrected chi connectivity index (χ1v) is 9.10. The maximum atomic E-state index is 12.0. The zero-order chi connectivity index (χ0) is 13.7. The summed E-state index contributed by atoms with van der Waals surface area (Å²) in [5.74, 6) is 2.22. The fraction of sp³-hybridized carbons (Fsp3) is 0.933. The van der Waals surface area contributed by atoms with Gasteiger partial charge >= 0.3 is 0 Å². The van der Waals surface area contributed by atoms with Gasteiger partial charge < -0.3 is 10.2 Å². The Morgan fingerprint density at radius 3 is 2.79 bits per heavy atom. The van der Waals surface area contributed by atoms with Crippen LogP contribution in [-0.2, 0) is 4.79 Å². The molecule has 0 aromatic rings. The first-order chi connectivity index (χ1) is 9.19. The molecule has 0 radical (unpaired) electrons. The second-order valence-corrected chi connectivity index (χ2v) is 7.17. The van der Waals surface area contributed by atoms with E-state index in [1.807, 2.05) is 6.92 Å². The van der Waals surface area contributed by atoms with Crippen molar-refractivity contribution < 1.29 is 4.79 Å². The summed E-state index contributed by atoms with van der Waals surface area (Å²) >= 11 is 1.75.